The standard InChI is InChI=1S/C16H22N2O2/c1-12-7-6-8-14(11-12)15(19)17-13(2)16(20)18-9-4-3-5-10-18/h6-8,11,13H,3-5,9-10H2,1-2H3,(H,17,19). The van der Waals surface area contributed by atoms with E-state index in [9.17, 15) is 9.59 Å². The van der Waals surface area contributed by atoms with Crippen LogP contribution in [-0.2, 0) is 4.79 Å². The molecule has 4 heteroatoms. The highest BCUT2D eigenvalue weighted by molar-refractivity contribution is 5.97. The predicted octanol–water partition coefficient (Wildman–Crippen LogP) is 2.13. The lowest BCUT2D eigenvalue weighted by molar-refractivity contribution is -0.133. The van der Waals surface area contributed by atoms with E-state index in [-0.39, 0.29) is 11.8 Å². The van der Waals surface area contributed by atoms with E-state index in [1.54, 1.807) is 13.0 Å². The lowest BCUT2D eigenvalue weighted by atomic mass is 10.1. The first-order valence-corrected chi connectivity index (χ1v) is 7.24. The molecule has 2 rings (SSSR count). The number of carbonyl (C=O) groups excluding carboxylic acids is 2. The van der Waals surface area contributed by atoms with Gasteiger partial charge < -0.3 is 10.2 Å². The van der Waals surface area contributed by atoms with Gasteiger partial charge in [-0.1, -0.05) is 17.7 Å². The molecule has 1 heterocycles. The molecule has 1 aromatic rings. The quantitative estimate of drug-likeness (QED) is 0.918. The van der Waals surface area contributed by atoms with Crippen molar-refractivity contribution in [2.45, 2.75) is 39.2 Å². The fourth-order valence-corrected chi connectivity index (χ4v) is 2.52. The smallest absolute Gasteiger partial charge is 0.251 e. The van der Waals surface area contributed by atoms with Gasteiger partial charge in [-0.3, -0.25) is 9.59 Å². The van der Waals surface area contributed by atoms with Crippen LogP contribution in [0.2, 0.25) is 0 Å². The Morgan fingerprint density at radius 3 is 2.55 bits per heavy atom. The van der Waals surface area contributed by atoms with Crippen LogP contribution in [0.4, 0.5) is 0 Å². The second-order valence-corrected chi connectivity index (χ2v) is 5.45. The zero-order valence-electron chi connectivity index (χ0n) is 12.2. The van der Waals surface area contributed by atoms with E-state index in [1.165, 1.54) is 6.42 Å². The Hall–Kier alpha value is -1.84. The summed E-state index contributed by atoms with van der Waals surface area (Å²) in [6.07, 6.45) is 3.31. The first-order valence-electron chi connectivity index (χ1n) is 7.24. The monoisotopic (exact) mass is 274 g/mol. The molecule has 1 fully saturated rings. The molecule has 0 bridgehead atoms. The van der Waals surface area contributed by atoms with Crippen molar-refractivity contribution < 1.29 is 9.59 Å². The summed E-state index contributed by atoms with van der Waals surface area (Å²) >= 11 is 0. The largest absolute Gasteiger partial charge is 0.341 e. The summed E-state index contributed by atoms with van der Waals surface area (Å²) in [5, 5.41) is 2.79. The Bertz CT molecular complexity index is 493. The summed E-state index contributed by atoms with van der Waals surface area (Å²) in [6, 6.07) is 6.91. The number of piperidine rings is 1. The van der Waals surface area contributed by atoms with Crippen LogP contribution in [0, 0.1) is 6.92 Å². The number of aryl methyl sites for hydroxylation is 1. The van der Waals surface area contributed by atoms with Crippen LogP contribution in [0.5, 0.6) is 0 Å². The van der Waals surface area contributed by atoms with Gasteiger partial charge in [-0.25, -0.2) is 0 Å². The van der Waals surface area contributed by atoms with E-state index in [0.717, 1.165) is 31.5 Å². The van der Waals surface area contributed by atoms with Gasteiger partial charge in [0.25, 0.3) is 5.91 Å². The van der Waals surface area contributed by atoms with Crippen molar-refractivity contribution in [3.05, 3.63) is 35.4 Å². The molecular weight excluding hydrogens is 252 g/mol. The predicted molar refractivity (Wildman–Crippen MR) is 78.5 cm³/mol. The summed E-state index contributed by atoms with van der Waals surface area (Å²) in [6.45, 7) is 5.32. The Morgan fingerprint density at radius 2 is 1.90 bits per heavy atom. The average Bonchev–Trinajstić information content (AvgIpc) is 2.47. The van der Waals surface area contributed by atoms with Crippen LogP contribution in [-0.4, -0.2) is 35.8 Å². The molecule has 0 radical (unpaired) electrons. The average molecular weight is 274 g/mol. The van der Waals surface area contributed by atoms with Gasteiger partial charge in [-0.15, -0.1) is 0 Å². The minimum atomic E-state index is -0.471. The highest BCUT2D eigenvalue weighted by atomic mass is 16.2. The number of hydrogen-bond acceptors (Lipinski definition) is 2. The Kier molecular flexibility index (Phi) is 4.77. The topological polar surface area (TPSA) is 49.4 Å². The second-order valence-electron chi connectivity index (χ2n) is 5.45. The summed E-state index contributed by atoms with van der Waals surface area (Å²) in [5.74, 6) is -0.169. The van der Waals surface area contributed by atoms with Crippen molar-refractivity contribution in [1.29, 1.82) is 0 Å². The summed E-state index contributed by atoms with van der Waals surface area (Å²) in [5.41, 5.74) is 1.64. The van der Waals surface area contributed by atoms with E-state index < -0.39 is 6.04 Å². The van der Waals surface area contributed by atoms with Crippen LogP contribution >= 0.6 is 0 Å². The first kappa shape index (κ1) is 14.6. The van der Waals surface area contributed by atoms with Gasteiger partial charge in [0.2, 0.25) is 5.91 Å². The zero-order chi connectivity index (χ0) is 14.5. The number of amides is 2. The molecule has 1 N–H and O–H groups in total. The maximum Gasteiger partial charge on any atom is 0.251 e. The molecule has 1 aliphatic heterocycles. The number of carbonyl (C=O) groups is 2. The number of benzene rings is 1. The lowest BCUT2D eigenvalue weighted by Crippen LogP contribution is -2.48. The molecule has 1 saturated heterocycles. The van der Waals surface area contributed by atoms with Crippen molar-refractivity contribution >= 4 is 11.8 Å². The van der Waals surface area contributed by atoms with Crippen molar-refractivity contribution in [2.24, 2.45) is 0 Å². The fraction of sp³-hybridized carbons (Fsp3) is 0.500. The molecular formula is C16H22N2O2. The van der Waals surface area contributed by atoms with Crippen molar-refractivity contribution in [3.63, 3.8) is 0 Å². The summed E-state index contributed by atoms with van der Waals surface area (Å²) in [4.78, 5) is 26.2. The molecule has 0 aromatic heterocycles. The summed E-state index contributed by atoms with van der Waals surface area (Å²) < 4.78 is 0. The van der Waals surface area contributed by atoms with E-state index >= 15 is 0 Å². The van der Waals surface area contributed by atoms with Gasteiger partial charge in [0.05, 0.1) is 0 Å². The van der Waals surface area contributed by atoms with Crippen molar-refractivity contribution in [3.8, 4) is 0 Å². The van der Waals surface area contributed by atoms with Gasteiger partial charge in [-0.05, 0) is 45.2 Å². The van der Waals surface area contributed by atoms with Crippen molar-refractivity contribution in [1.82, 2.24) is 10.2 Å². The van der Waals surface area contributed by atoms with Gasteiger partial charge in [0.15, 0.2) is 0 Å². The Balaban J connectivity index is 1.94. The van der Waals surface area contributed by atoms with Crippen LogP contribution in [0.1, 0.15) is 42.1 Å². The molecule has 0 aliphatic carbocycles. The number of likely N-dealkylation sites (tertiary alicyclic amines) is 1. The van der Waals surface area contributed by atoms with Crippen LogP contribution < -0.4 is 5.32 Å². The number of hydrogen-bond donors (Lipinski definition) is 1. The number of nitrogens with zero attached hydrogens (tertiary/aromatic N) is 1. The number of nitrogens with one attached hydrogen (secondary N) is 1. The van der Waals surface area contributed by atoms with E-state index in [4.69, 9.17) is 0 Å². The Morgan fingerprint density at radius 1 is 1.20 bits per heavy atom. The SMILES string of the molecule is Cc1cccc(C(=O)NC(C)C(=O)N2CCCCC2)c1. The molecule has 1 atom stereocenters. The van der Waals surface area contributed by atoms with Gasteiger partial charge >= 0.3 is 0 Å². The maximum absolute atomic E-state index is 12.2. The van der Waals surface area contributed by atoms with Gasteiger partial charge in [0, 0.05) is 18.7 Å². The van der Waals surface area contributed by atoms with Crippen LogP contribution in [0.15, 0.2) is 24.3 Å². The fourth-order valence-electron chi connectivity index (χ4n) is 2.52. The molecule has 0 spiro atoms. The molecule has 1 unspecified atom stereocenters. The zero-order valence-corrected chi connectivity index (χ0v) is 12.2. The van der Waals surface area contributed by atoms with Crippen molar-refractivity contribution in [2.75, 3.05) is 13.1 Å². The molecule has 1 aromatic carbocycles. The highest BCUT2D eigenvalue weighted by Gasteiger charge is 2.23. The Labute approximate surface area is 120 Å². The van der Waals surface area contributed by atoms with Gasteiger partial charge in [-0.2, -0.15) is 0 Å². The molecule has 0 saturated carbocycles. The van der Waals surface area contributed by atoms with Crippen LogP contribution in [0.3, 0.4) is 0 Å². The third-order valence-electron chi connectivity index (χ3n) is 3.67. The van der Waals surface area contributed by atoms with E-state index in [0.29, 0.717) is 5.56 Å². The second kappa shape index (κ2) is 6.55. The van der Waals surface area contributed by atoms with E-state index in [1.807, 2.05) is 30.0 Å². The third-order valence-corrected chi connectivity index (χ3v) is 3.67. The molecule has 4 nitrogen and oxygen atoms in total. The van der Waals surface area contributed by atoms with Crippen LogP contribution in [0.25, 0.3) is 0 Å². The molecule has 2 amide bonds. The first-order chi connectivity index (χ1) is 9.58. The molecule has 1 aliphatic rings. The van der Waals surface area contributed by atoms with E-state index in [2.05, 4.69) is 5.32 Å². The normalized spacial score (nSPS) is 16.6. The molecule has 108 valence electrons. The van der Waals surface area contributed by atoms with Gasteiger partial charge in [0.1, 0.15) is 6.04 Å². The minimum Gasteiger partial charge on any atom is -0.341 e. The number of rotatable bonds is 3. The maximum atomic E-state index is 12.2. The summed E-state index contributed by atoms with van der Waals surface area (Å²) in [7, 11) is 0. The lowest BCUT2D eigenvalue weighted by Gasteiger charge is -2.29. The third kappa shape index (κ3) is 3.59. The highest BCUT2D eigenvalue weighted by Crippen LogP contribution is 2.10. The molecule has 20 heavy (non-hydrogen) atoms. The minimum absolute atomic E-state index is 0.0192.